The number of rotatable bonds is 6. The Morgan fingerprint density at radius 1 is 1.25 bits per heavy atom. The number of aryl methyl sites for hydroxylation is 1. The SMILES string of the molecule is Cc1cccc(CC(CCl)CCS(=O)(=O)C(C)(C)C)c1. The molecule has 0 heterocycles. The standard InChI is InChI=1S/C16H25ClO2S/c1-13-6-5-7-14(10-13)11-15(12-17)8-9-20(18,19)16(2,3)4/h5-7,10,15H,8-9,11-12H2,1-4H3. The fraction of sp³-hybridized carbons (Fsp3) is 0.625. The van der Waals surface area contributed by atoms with Gasteiger partial charge in [-0.05, 0) is 52.0 Å². The van der Waals surface area contributed by atoms with Crippen molar-refractivity contribution < 1.29 is 8.42 Å². The molecule has 0 radical (unpaired) electrons. The Labute approximate surface area is 128 Å². The summed E-state index contributed by atoms with van der Waals surface area (Å²) in [5.74, 6) is 0.906. The van der Waals surface area contributed by atoms with Crippen LogP contribution in [0.25, 0.3) is 0 Å². The van der Waals surface area contributed by atoms with Crippen LogP contribution in [0, 0.1) is 12.8 Å². The number of alkyl halides is 1. The first-order chi connectivity index (χ1) is 9.15. The van der Waals surface area contributed by atoms with Gasteiger partial charge in [0.25, 0.3) is 0 Å². The lowest BCUT2D eigenvalue weighted by molar-refractivity contribution is 0.529. The van der Waals surface area contributed by atoms with Gasteiger partial charge in [0.2, 0.25) is 0 Å². The van der Waals surface area contributed by atoms with E-state index in [2.05, 4.69) is 25.1 Å². The molecule has 20 heavy (non-hydrogen) atoms. The summed E-state index contributed by atoms with van der Waals surface area (Å²) in [6.45, 7) is 7.30. The zero-order valence-corrected chi connectivity index (χ0v) is 14.4. The van der Waals surface area contributed by atoms with Crippen molar-refractivity contribution in [1.82, 2.24) is 0 Å². The van der Waals surface area contributed by atoms with Crippen LogP contribution in [0.3, 0.4) is 0 Å². The van der Waals surface area contributed by atoms with Gasteiger partial charge in [0.15, 0.2) is 9.84 Å². The molecule has 1 aromatic carbocycles. The fourth-order valence-corrected chi connectivity index (χ4v) is 3.55. The molecule has 0 aliphatic carbocycles. The highest BCUT2D eigenvalue weighted by Gasteiger charge is 2.29. The Morgan fingerprint density at radius 3 is 2.40 bits per heavy atom. The van der Waals surface area contributed by atoms with Crippen molar-refractivity contribution in [1.29, 1.82) is 0 Å². The Hall–Kier alpha value is -0.540. The molecule has 1 atom stereocenters. The Kier molecular flexibility index (Phi) is 6.08. The van der Waals surface area contributed by atoms with Gasteiger partial charge in [-0.1, -0.05) is 29.8 Å². The molecule has 1 rings (SSSR count). The molecule has 0 saturated heterocycles. The second-order valence-electron chi connectivity index (χ2n) is 6.43. The summed E-state index contributed by atoms with van der Waals surface area (Å²) in [6, 6.07) is 8.30. The van der Waals surface area contributed by atoms with Crippen LogP contribution in [-0.2, 0) is 16.3 Å². The van der Waals surface area contributed by atoms with Crippen molar-refractivity contribution in [3.8, 4) is 0 Å². The van der Waals surface area contributed by atoms with Crippen molar-refractivity contribution >= 4 is 21.4 Å². The summed E-state index contributed by atoms with van der Waals surface area (Å²) in [5.41, 5.74) is 2.45. The minimum atomic E-state index is -3.06. The van der Waals surface area contributed by atoms with Crippen LogP contribution in [-0.4, -0.2) is 24.8 Å². The zero-order chi connectivity index (χ0) is 15.4. The maximum absolute atomic E-state index is 12.1. The van der Waals surface area contributed by atoms with E-state index >= 15 is 0 Å². The second-order valence-corrected chi connectivity index (χ2v) is 9.60. The molecule has 0 saturated carbocycles. The average molecular weight is 317 g/mol. The maximum Gasteiger partial charge on any atom is 0.155 e. The normalized spacial score (nSPS) is 14.2. The largest absolute Gasteiger partial charge is 0.228 e. The van der Waals surface area contributed by atoms with E-state index in [9.17, 15) is 8.42 Å². The summed E-state index contributed by atoms with van der Waals surface area (Å²) in [7, 11) is -3.06. The summed E-state index contributed by atoms with van der Waals surface area (Å²) in [6.07, 6.45) is 1.46. The Morgan fingerprint density at radius 2 is 1.90 bits per heavy atom. The van der Waals surface area contributed by atoms with Gasteiger partial charge >= 0.3 is 0 Å². The van der Waals surface area contributed by atoms with Gasteiger partial charge in [-0.15, -0.1) is 11.6 Å². The number of hydrogen-bond acceptors (Lipinski definition) is 2. The highest BCUT2D eigenvalue weighted by Crippen LogP contribution is 2.21. The third kappa shape index (κ3) is 5.10. The average Bonchev–Trinajstić information content (AvgIpc) is 2.33. The van der Waals surface area contributed by atoms with E-state index in [1.807, 2.05) is 6.07 Å². The number of benzene rings is 1. The zero-order valence-electron chi connectivity index (χ0n) is 12.8. The molecule has 0 amide bonds. The third-order valence-corrected chi connectivity index (χ3v) is 6.63. The minimum Gasteiger partial charge on any atom is -0.228 e. The van der Waals surface area contributed by atoms with Crippen molar-refractivity contribution in [3.63, 3.8) is 0 Å². The molecule has 1 aromatic rings. The molecule has 4 heteroatoms. The first kappa shape index (κ1) is 17.5. The smallest absolute Gasteiger partial charge is 0.155 e. The van der Waals surface area contributed by atoms with E-state index in [0.717, 1.165) is 6.42 Å². The van der Waals surface area contributed by atoms with E-state index in [-0.39, 0.29) is 11.7 Å². The molecule has 114 valence electrons. The van der Waals surface area contributed by atoms with Crippen molar-refractivity contribution in [3.05, 3.63) is 35.4 Å². The molecule has 1 unspecified atom stereocenters. The van der Waals surface area contributed by atoms with Crippen molar-refractivity contribution in [2.24, 2.45) is 5.92 Å². The number of halogens is 1. The van der Waals surface area contributed by atoms with E-state index in [0.29, 0.717) is 12.3 Å². The lowest BCUT2D eigenvalue weighted by Crippen LogP contribution is -2.31. The van der Waals surface area contributed by atoms with Gasteiger partial charge in [-0.3, -0.25) is 0 Å². The van der Waals surface area contributed by atoms with Gasteiger partial charge in [0.05, 0.1) is 10.5 Å². The van der Waals surface area contributed by atoms with Crippen LogP contribution in [0.2, 0.25) is 0 Å². The Balaban J connectivity index is 2.65. The van der Waals surface area contributed by atoms with Crippen LogP contribution < -0.4 is 0 Å². The van der Waals surface area contributed by atoms with Crippen LogP contribution >= 0.6 is 11.6 Å². The van der Waals surface area contributed by atoms with Crippen LogP contribution in [0.1, 0.15) is 38.3 Å². The first-order valence-electron chi connectivity index (χ1n) is 6.99. The predicted octanol–water partition coefficient (Wildman–Crippen LogP) is 4.00. The minimum absolute atomic E-state index is 0.204. The summed E-state index contributed by atoms with van der Waals surface area (Å²) >= 11 is 6.01. The van der Waals surface area contributed by atoms with Crippen LogP contribution in [0.4, 0.5) is 0 Å². The monoisotopic (exact) mass is 316 g/mol. The van der Waals surface area contributed by atoms with Gasteiger partial charge in [-0.2, -0.15) is 0 Å². The molecular weight excluding hydrogens is 292 g/mol. The summed E-state index contributed by atoms with van der Waals surface area (Å²) in [4.78, 5) is 0. The molecule has 0 aliphatic rings. The second kappa shape index (κ2) is 6.95. The van der Waals surface area contributed by atoms with Gasteiger partial charge in [0, 0.05) is 5.88 Å². The highest BCUT2D eigenvalue weighted by molar-refractivity contribution is 7.92. The summed E-state index contributed by atoms with van der Waals surface area (Å²) < 4.78 is 23.6. The van der Waals surface area contributed by atoms with Crippen molar-refractivity contribution in [2.45, 2.75) is 45.3 Å². The maximum atomic E-state index is 12.1. The molecule has 0 fully saturated rings. The van der Waals surface area contributed by atoms with Crippen LogP contribution in [0.5, 0.6) is 0 Å². The van der Waals surface area contributed by atoms with Gasteiger partial charge < -0.3 is 0 Å². The number of hydrogen-bond donors (Lipinski definition) is 0. The van der Waals surface area contributed by atoms with E-state index in [4.69, 9.17) is 11.6 Å². The molecule has 0 aromatic heterocycles. The third-order valence-electron chi connectivity index (χ3n) is 3.55. The molecule has 0 N–H and O–H groups in total. The lowest BCUT2D eigenvalue weighted by atomic mass is 9.98. The molecule has 0 bridgehead atoms. The molecule has 0 aliphatic heterocycles. The van der Waals surface area contributed by atoms with Gasteiger partial charge in [0.1, 0.15) is 0 Å². The fourth-order valence-electron chi connectivity index (χ4n) is 2.03. The number of sulfone groups is 1. The quantitative estimate of drug-likeness (QED) is 0.743. The Bertz CT molecular complexity index is 530. The van der Waals surface area contributed by atoms with Gasteiger partial charge in [-0.25, -0.2) is 8.42 Å². The van der Waals surface area contributed by atoms with E-state index in [1.54, 1.807) is 20.8 Å². The predicted molar refractivity (Wildman–Crippen MR) is 87.2 cm³/mol. The van der Waals surface area contributed by atoms with E-state index < -0.39 is 14.6 Å². The van der Waals surface area contributed by atoms with Crippen LogP contribution in [0.15, 0.2) is 24.3 Å². The topological polar surface area (TPSA) is 34.1 Å². The molecule has 2 nitrogen and oxygen atoms in total. The lowest BCUT2D eigenvalue weighted by Gasteiger charge is -2.21. The molecular formula is C16H25ClO2S. The summed E-state index contributed by atoms with van der Waals surface area (Å²) in [5, 5.41) is 0. The van der Waals surface area contributed by atoms with Crippen molar-refractivity contribution in [2.75, 3.05) is 11.6 Å². The first-order valence-corrected chi connectivity index (χ1v) is 9.18. The van der Waals surface area contributed by atoms with E-state index in [1.165, 1.54) is 11.1 Å². The highest BCUT2D eigenvalue weighted by atomic mass is 35.5. The molecule has 0 spiro atoms.